The number of phenols is 2. The number of carbonyl (C=O) groups excluding carboxylic acids is 5. The number of ether oxygens (including phenoxy) is 5. The Hall–Kier alpha value is -4.45. The Morgan fingerprint density at radius 3 is 2.33 bits per heavy atom. The number of carbonyl (C=O) groups is 5. The van der Waals surface area contributed by atoms with E-state index in [9.17, 15) is 49.5 Å². The SMILES string of the molecule is COc1cccc2c1C(=O)c1c(O)c3c(c(O)c1C2=O)C[C@@](O)(C(=O)CO)C[C@@H]3OC1CC(NCCCC(OC(C)=O)OC(C)=O)C(O)C(C)O1. The van der Waals surface area contributed by atoms with Crippen LogP contribution in [0.15, 0.2) is 18.2 Å². The van der Waals surface area contributed by atoms with Gasteiger partial charge >= 0.3 is 11.9 Å². The summed E-state index contributed by atoms with van der Waals surface area (Å²) in [5.41, 5.74) is -3.92. The number of hydrogen-bond donors (Lipinski definition) is 6. The van der Waals surface area contributed by atoms with E-state index >= 15 is 0 Å². The highest BCUT2D eigenvalue weighted by Crippen LogP contribution is 2.52. The van der Waals surface area contributed by atoms with Crippen LogP contribution in [0.5, 0.6) is 17.2 Å². The van der Waals surface area contributed by atoms with Crippen molar-refractivity contribution in [3.8, 4) is 17.2 Å². The summed E-state index contributed by atoms with van der Waals surface area (Å²) in [6.45, 7) is 3.17. The average molecular weight is 716 g/mol. The van der Waals surface area contributed by atoms with Gasteiger partial charge in [-0.15, -0.1) is 0 Å². The molecule has 2 aromatic carbocycles. The van der Waals surface area contributed by atoms with Crippen LogP contribution in [-0.2, 0) is 39.8 Å². The second-order valence-corrected chi connectivity index (χ2v) is 12.8. The largest absolute Gasteiger partial charge is 0.507 e. The van der Waals surface area contributed by atoms with Crippen LogP contribution in [0.2, 0.25) is 0 Å². The molecule has 2 aromatic rings. The molecule has 1 aliphatic heterocycles. The molecule has 16 nitrogen and oxygen atoms in total. The van der Waals surface area contributed by atoms with E-state index in [2.05, 4.69) is 5.32 Å². The van der Waals surface area contributed by atoms with Crippen molar-refractivity contribution in [2.75, 3.05) is 20.3 Å². The molecule has 0 bridgehead atoms. The number of ketones is 3. The number of aliphatic hydroxyl groups excluding tert-OH is 2. The van der Waals surface area contributed by atoms with Gasteiger partial charge in [-0.05, 0) is 26.0 Å². The maximum Gasteiger partial charge on any atom is 0.305 e. The summed E-state index contributed by atoms with van der Waals surface area (Å²) in [5, 5.41) is 58.5. The lowest BCUT2D eigenvalue weighted by Crippen LogP contribution is -2.54. The Labute approximate surface area is 292 Å². The van der Waals surface area contributed by atoms with Crippen molar-refractivity contribution >= 4 is 29.3 Å². The molecule has 0 saturated carbocycles. The van der Waals surface area contributed by atoms with Crippen LogP contribution in [-0.4, -0.2) is 112 Å². The van der Waals surface area contributed by atoms with Crippen molar-refractivity contribution in [1.29, 1.82) is 0 Å². The lowest BCUT2D eigenvalue weighted by Gasteiger charge is -2.43. The second kappa shape index (κ2) is 15.0. The molecule has 6 atom stereocenters. The third kappa shape index (κ3) is 7.33. The molecule has 51 heavy (non-hydrogen) atoms. The highest BCUT2D eigenvalue weighted by atomic mass is 16.7. The fraction of sp³-hybridized carbons (Fsp3) is 0.514. The molecule has 16 heteroatoms. The standard InChI is InChI=1S/C35H41NO15/c1-15-30(41)20(36-10-6-9-24(49-16(2)38)50-17(3)39)11-25(48-15)51-22-13-35(46,23(40)14-37)12-19-27(22)34(45)29-28(32(19)43)31(42)18-7-5-8-21(47-4)26(18)33(29)44/h5,7-8,15,20,22,24-25,30,36-37,41,43,45-46H,6,9-14H2,1-4H3/t15?,20?,22-,25?,30?,35-/m0/s1. The number of methoxy groups -OCH3 is 1. The van der Waals surface area contributed by atoms with Gasteiger partial charge in [0.05, 0.1) is 42.1 Å². The van der Waals surface area contributed by atoms with E-state index in [1.807, 2.05) is 0 Å². The van der Waals surface area contributed by atoms with Gasteiger partial charge in [0.25, 0.3) is 0 Å². The Morgan fingerprint density at radius 2 is 1.71 bits per heavy atom. The minimum Gasteiger partial charge on any atom is -0.507 e. The van der Waals surface area contributed by atoms with Crippen LogP contribution >= 0.6 is 0 Å². The van der Waals surface area contributed by atoms with Gasteiger partial charge in [0.2, 0.25) is 12.1 Å². The molecule has 6 N–H and O–H groups in total. The van der Waals surface area contributed by atoms with E-state index in [1.54, 1.807) is 6.92 Å². The van der Waals surface area contributed by atoms with Crippen molar-refractivity contribution in [3.63, 3.8) is 0 Å². The zero-order chi connectivity index (χ0) is 37.4. The zero-order valence-corrected chi connectivity index (χ0v) is 28.5. The monoisotopic (exact) mass is 715 g/mol. The quantitative estimate of drug-likeness (QED) is 0.0659. The van der Waals surface area contributed by atoms with Gasteiger partial charge in [0.1, 0.15) is 29.5 Å². The molecule has 2 aliphatic carbocycles. The summed E-state index contributed by atoms with van der Waals surface area (Å²) in [7, 11) is 1.31. The molecule has 1 fully saturated rings. The maximum absolute atomic E-state index is 13.9. The van der Waals surface area contributed by atoms with Gasteiger partial charge in [0.15, 0.2) is 17.9 Å². The molecular weight excluding hydrogens is 674 g/mol. The van der Waals surface area contributed by atoms with E-state index in [0.717, 1.165) is 0 Å². The molecule has 0 radical (unpaired) electrons. The topological polar surface area (TPSA) is 245 Å². The van der Waals surface area contributed by atoms with Crippen LogP contribution in [0.3, 0.4) is 0 Å². The first-order valence-corrected chi connectivity index (χ1v) is 16.4. The summed E-state index contributed by atoms with van der Waals surface area (Å²) in [6.07, 6.45) is -6.12. The molecule has 1 saturated heterocycles. The van der Waals surface area contributed by atoms with E-state index in [-0.39, 0.29) is 47.4 Å². The van der Waals surface area contributed by atoms with Crippen LogP contribution in [0.4, 0.5) is 0 Å². The van der Waals surface area contributed by atoms with Gasteiger partial charge in [-0.2, -0.15) is 0 Å². The van der Waals surface area contributed by atoms with Gasteiger partial charge in [-0.1, -0.05) is 12.1 Å². The minimum absolute atomic E-state index is 0.000705. The predicted molar refractivity (Wildman–Crippen MR) is 172 cm³/mol. The van der Waals surface area contributed by atoms with Crippen molar-refractivity contribution in [2.45, 2.75) is 95.4 Å². The Morgan fingerprint density at radius 1 is 1.04 bits per heavy atom. The van der Waals surface area contributed by atoms with Crippen molar-refractivity contribution in [3.05, 3.63) is 51.6 Å². The molecule has 3 aliphatic rings. The maximum atomic E-state index is 13.9. The Bertz CT molecular complexity index is 1720. The van der Waals surface area contributed by atoms with Crippen molar-refractivity contribution in [1.82, 2.24) is 5.32 Å². The van der Waals surface area contributed by atoms with Crippen LogP contribution in [0.1, 0.15) is 95.5 Å². The first-order valence-electron chi connectivity index (χ1n) is 16.4. The Balaban J connectivity index is 1.44. The first kappa shape index (κ1) is 37.8. The number of aliphatic hydroxyl groups is 3. The number of phenolic OH excluding ortho intramolecular Hbond substituents is 2. The van der Waals surface area contributed by atoms with Crippen LogP contribution < -0.4 is 10.1 Å². The number of rotatable bonds is 12. The number of Topliss-reactive ketones (excluding diaryl/α,β-unsaturated/α-hetero) is 1. The summed E-state index contributed by atoms with van der Waals surface area (Å²) in [6, 6.07) is 3.68. The molecule has 4 unspecified atom stereocenters. The van der Waals surface area contributed by atoms with E-state index in [4.69, 9.17) is 23.7 Å². The van der Waals surface area contributed by atoms with E-state index in [0.29, 0.717) is 6.42 Å². The fourth-order valence-electron chi connectivity index (χ4n) is 6.99. The average Bonchev–Trinajstić information content (AvgIpc) is 3.07. The molecular formula is C35H41NO15. The fourth-order valence-corrected chi connectivity index (χ4v) is 6.99. The summed E-state index contributed by atoms with van der Waals surface area (Å²) in [4.78, 5) is 63.2. The van der Waals surface area contributed by atoms with Crippen molar-refractivity contribution < 1.29 is 73.2 Å². The van der Waals surface area contributed by atoms with Gasteiger partial charge in [-0.3, -0.25) is 24.0 Å². The number of nitrogens with one attached hydrogen (secondary N) is 1. The third-order valence-corrected chi connectivity index (χ3v) is 9.38. The molecule has 0 amide bonds. The lowest BCUT2D eigenvalue weighted by atomic mass is 9.72. The smallest absolute Gasteiger partial charge is 0.305 e. The van der Waals surface area contributed by atoms with Gasteiger partial charge in [-0.25, -0.2) is 0 Å². The first-order chi connectivity index (χ1) is 24.1. The normalized spacial score (nSPS) is 25.5. The molecule has 0 spiro atoms. The number of hydrogen-bond acceptors (Lipinski definition) is 16. The van der Waals surface area contributed by atoms with E-state index < -0.39 is 114 Å². The molecule has 5 rings (SSSR count). The van der Waals surface area contributed by atoms with Crippen molar-refractivity contribution in [2.24, 2.45) is 0 Å². The Kier molecular flexibility index (Phi) is 11.1. The highest BCUT2D eigenvalue weighted by Gasteiger charge is 2.50. The van der Waals surface area contributed by atoms with Gasteiger partial charge in [0, 0.05) is 62.3 Å². The predicted octanol–water partition coefficient (Wildman–Crippen LogP) is 0.865. The van der Waals surface area contributed by atoms with Crippen LogP contribution in [0.25, 0.3) is 0 Å². The number of aromatic hydroxyl groups is 2. The van der Waals surface area contributed by atoms with Crippen LogP contribution in [0, 0.1) is 0 Å². The number of esters is 2. The lowest BCUT2D eigenvalue weighted by molar-refractivity contribution is -0.249. The zero-order valence-electron chi connectivity index (χ0n) is 28.5. The molecule has 1 heterocycles. The second-order valence-electron chi connectivity index (χ2n) is 12.8. The number of benzene rings is 2. The summed E-state index contributed by atoms with van der Waals surface area (Å²) < 4.78 is 27.5. The molecule has 0 aromatic heterocycles. The summed E-state index contributed by atoms with van der Waals surface area (Å²) in [5.74, 6) is -5.24. The third-order valence-electron chi connectivity index (χ3n) is 9.38. The minimum atomic E-state index is -2.31. The highest BCUT2D eigenvalue weighted by molar-refractivity contribution is 6.31. The number of fused-ring (bicyclic) bond motifs is 3. The summed E-state index contributed by atoms with van der Waals surface area (Å²) >= 11 is 0. The van der Waals surface area contributed by atoms with Gasteiger partial charge < -0.3 is 54.5 Å². The van der Waals surface area contributed by atoms with E-state index in [1.165, 1.54) is 39.2 Å². The molecule has 276 valence electrons.